The molecule has 2 unspecified atom stereocenters. The molecule has 0 bridgehead atoms. The van der Waals surface area contributed by atoms with Crippen LogP contribution >= 0.6 is 23.2 Å². The summed E-state index contributed by atoms with van der Waals surface area (Å²) in [6.45, 7) is 6.72. The number of benzene rings is 3. The van der Waals surface area contributed by atoms with Crippen LogP contribution in [0.5, 0.6) is 0 Å². The molecule has 0 aliphatic rings. The highest BCUT2D eigenvalue weighted by Crippen LogP contribution is 2.34. The van der Waals surface area contributed by atoms with E-state index in [1.807, 2.05) is 68.4 Å². The Kier molecular flexibility index (Phi) is 7.80. The van der Waals surface area contributed by atoms with E-state index in [0.29, 0.717) is 18.0 Å². The quantitative estimate of drug-likeness (QED) is 0.381. The van der Waals surface area contributed by atoms with Crippen LogP contribution in [0, 0.1) is 5.41 Å². The van der Waals surface area contributed by atoms with Gasteiger partial charge in [-0.15, -0.1) is 0 Å². The second-order valence-electron chi connectivity index (χ2n) is 8.75. The van der Waals surface area contributed by atoms with Gasteiger partial charge in [0, 0.05) is 27.9 Å². The maximum atomic E-state index is 13.1. The van der Waals surface area contributed by atoms with E-state index in [-0.39, 0.29) is 17.7 Å². The molecule has 0 aromatic heterocycles. The lowest BCUT2D eigenvalue weighted by Gasteiger charge is -2.29. The third-order valence-corrected chi connectivity index (χ3v) is 6.39. The van der Waals surface area contributed by atoms with Crippen LogP contribution in [0.4, 0.5) is 0 Å². The first-order valence-corrected chi connectivity index (χ1v) is 11.3. The molecule has 3 aromatic carbocycles. The Morgan fingerprint density at radius 2 is 1.35 bits per heavy atom. The molecule has 162 valence electrons. The molecule has 0 radical (unpaired) electrons. The van der Waals surface area contributed by atoms with Gasteiger partial charge in [-0.05, 0) is 53.3 Å². The molecule has 4 heteroatoms. The maximum Gasteiger partial charge on any atom is 0.226 e. The number of carbonyl (C=O) groups excluding carboxylic acids is 1. The zero-order chi connectivity index (χ0) is 22.4. The SMILES string of the molecule is CC(c1ccc(Cl)cc1)C(CNC(=O)C(C)(C)Cc1ccccc1)c1ccc(Cl)cc1. The van der Waals surface area contributed by atoms with Crippen LogP contribution in [0.2, 0.25) is 10.0 Å². The van der Waals surface area contributed by atoms with Crippen molar-refractivity contribution < 1.29 is 4.79 Å². The monoisotopic (exact) mass is 453 g/mol. The van der Waals surface area contributed by atoms with Crippen molar-refractivity contribution in [2.75, 3.05) is 6.54 Å². The summed E-state index contributed by atoms with van der Waals surface area (Å²) in [5.41, 5.74) is 2.98. The van der Waals surface area contributed by atoms with Crippen LogP contribution in [-0.2, 0) is 11.2 Å². The minimum absolute atomic E-state index is 0.0543. The molecule has 0 aliphatic heterocycles. The van der Waals surface area contributed by atoms with Gasteiger partial charge in [-0.3, -0.25) is 4.79 Å². The molecule has 0 saturated carbocycles. The Labute approximate surface area is 195 Å². The Morgan fingerprint density at radius 3 is 1.90 bits per heavy atom. The minimum Gasteiger partial charge on any atom is -0.355 e. The molecule has 1 N–H and O–H groups in total. The van der Waals surface area contributed by atoms with E-state index < -0.39 is 5.41 Å². The summed E-state index contributed by atoms with van der Waals surface area (Å²) in [6.07, 6.45) is 0.692. The van der Waals surface area contributed by atoms with Crippen LogP contribution in [0.15, 0.2) is 78.9 Å². The van der Waals surface area contributed by atoms with Gasteiger partial charge in [-0.1, -0.05) is 98.6 Å². The fourth-order valence-corrected chi connectivity index (χ4v) is 4.17. The zero-order valence-corrected chi connectivity index (χ0v) is 19.8. The number of amides is 1. The molecule has 2 nitrogen and oxygen atoms in total. The lowest BCUT2D eigenvalue weighted by atomic mass is 9.81. The molecule has 0 spiro atoms. The van der Waals surface area contributed by atoms with Crippen molar-refractivity contribution in [3.63, 3.8) is 0 Å². The molecule has 1 amide bonds. The maximum absolute atomic E-state index is 13.1. The summed E-state index contributed by atoms with van der Waals surface area (Å²) in [6, 6.07) is 26.0. The van der Waals surface area contributed by atoms with Crippen LogP contribution in [0.1, 0.15) is 49.3 Å². The molecule has 0 aliphatic carbocycles. The Balaban J connectivity index is 1.77. The minimum atomic E-state index is -0.505. The molecule has 3 aromatic rings. The van der Waals surface area contributed by atoms with Gasteiger partial charge < -0.3 is 5.32 Å². The van der Waals surface area contributed by atoms with Crippen LogP contribution < -0.4 is 5.32 Å². The van der Waals surface area contributed by atoms with Crippen molar-refractivity contribution in [1.82, 2.24) is 5.32 Å². The van der Waals surface area contributed by atoms with E-state index in [1.165, 1.54) is 5.56 Å². The predicted molar refractivity (Wildman–Crippen MR) is 131 cm³/mol. The van der Waals surface area contributed by atoms with Crippen LogP contribution in [0.3, 0.4) is 0 Å². The predicted octanol–water partition coefficient (Wildman–Crippen LogP) is 7.27. The Morgan fingerprint density at radius 1 is 0.839 bits per heavy atom. The van der Waals surface area contributed by atoms with E-state index in [2.05, 4.69) is 36.5 Å². The molecule has 31 heavy (non-hydrogen) atoms. The molecular formula is C27H29Cl2NO. The van der Waals surface area contributed by atoms with Crippen molar-refractivity contribution in [2.45, 2.75) is 39.0 Å². The van der Waals surface area contributed by atoms with Crippen molar-refractivity contribution in [2.24, 2.45) is 5.41 Å². The molecule has 0 heterocycles. The third-order valence-electron chi connectivity index (χ3n) is 5.88. The molecular weight excluding hydrogens is 425 g/mol. The van der Waals surface area contributed by atoms with Crippen molar-refractivity contribution in [3.05, 3.63) is 106 Å². The van der Waals surface area contributed by atoms with Gasteiger partial charge in [-0.2, -0.15) is 0 Å². The van der Waals surface area contributed by atoms with E-state index in [9.17, 15) is 4.79 Å². The first-order valence-electron chi connectivity index (χ1n) is 10.6. The summed E-state index contributed by atoms with van der Waals surface area (Å²) in [5, 5.41) is 4.64. The number of hydrogen-bond acceptors (Lipinski definition) is 1. The number of halogens is 2. The standard InChI is InChI=1S/C27H29Cl2NO/c1-19(21-9-13-23(28)14-10-21)25(22-11-15-24(29)16-12-22)18-30-26(31)27(2,3)17-20-7-5-4-6-8-20/h4-16,19,25H,17-18H2,1-3H3,(H,30,31). The summed E-state index contributed by atoms with van der Waals surface area (Å²) in [7, 11) is 0. The van der Waals surface area contributed by atoms with Gasteiger partial charge >= 0.3 is 0 Å². The lowest BCUT2D eigenvalue weighted by molar-refractivity contribution is -0.129. The fraction of sp³-hybridized carbons (Fsp3) is 0.296. The van der Waals surface area contributed by atoms with Gasteiger partial charge in [0.05, 0.1) is 0 Å². The summed E-state index contributed by atoms with van der Waals surface area (Å²) < 4.78 is 0. The van der Waals surface area contributed by atoms with Crippen molar-refractivity contribution >= 4 is 29.1 Å². The van der Waals surface area contributed by atoms with E-state index in [4.69, 9.17) is 23.2 Å². The van der Waals surface area contributed by atoms with Gasteiger partial charge in [0.25, 0.3) is 0 Å². The Bertz CT molecular complexity index is 982. The van der Waals surface area contributed by atoms with E-state index in [0.717, 1.165) is 16.1 Å². The number of carbonyl (C=O) groups is 1. The average Bonchev–Trinajstić information content (AvgIpc) is 2.75. The molecule has 0 saturated heterocycles. The average molecular weight is 454 g/mol. The Hall–Kier alpha value is -2.29. The molecule has 0 fully saturated rings. The summed E-state index contributed by atoms with van der Waals surface area (Å²) >= 11 is 12.2. The second kappa shape index (κ2) is 10.3. The van der Waals surface area contributed by atoms with E-state index in [1.54, 1.807) is 0 Å². The summed E-state index contributed by atoms with van der Waals surface area (Å²) in [5.74, 6) is 0.351. The molecule has 3 rings (SSSR count). The van der Waals surface area contributed by atoms with Gasteiger partial charge in [-0.25, -0.2) is 0 Å². The van der Waals surface area contributed by atoms with Crippen molar-refractivity contribution in [1.29, 1.82) is 0 Å². The first kappa shape index (κ1) is 23.4. The lowest BCUT2D eigenvalue weighted by Crippen LogP contribution is -2.40. The van der Waals surface area contributed by atoms with Crippen LogP contribution in [-0.4, -0.2) is 12.5 Å². The molecule has 2 atom stereocenters. The number of nitrogens with one attached hydrogen (secondary N) is 1. The largest absolute Gasteiger partial charge is 0.355 e. The van der Waals surface area contributed by atoms with E-state index >= 15 is 0 Å². The van der Waals surface area contributed by atoms with Crippen molar-refractivity contribution in [3.8, 4) is 0 Å². The van der Waals surface area contributed by atoms with Crippen LogP contribution in [0.25, 0.3) is 0 Å². The highest BCUT2D eigenvalue weighted by Gasteiger charge is 2.29. The smallest absolute Gasteiger partial charge is 0.226 e. The topological polar surface area (TPSA) is 29.1 Å². The van der Waals surface area contributed by atoms with Gasteiger partial charge in [0.2, 0.25) is 5.91 Å². The second-order valence-corrected chi connectivity index (χ2v) is 9.63. The fourth-order valence-electron chi connectivity index (χ4n) is 3.92. The summed E-state index contributed by atoms with van der Waals surface area (Å²) in [4.78, 5) is 13.1. The first-order chi connectivity index (χ1) is 14.8. The van der Waals surface area contributed by atoms with Gasteiger partial charge in [0.15, 0.2) is 0 Å². The van der Waals surface area contributed by atoms with Gasteiger partial charge in [0.1, 0.15) is 0 Å². The normalized spacial score (nSPS) is 13.5. The third kappa shape index (κ3) is 6.35. The number of hydrogen-bond donors (Lipinski definition) is 1. The zero-order valence-electron chi connectivity index (χ0n) is 18.2. The highest BCUT2D eigenvalue weighted by atomic mass is 35.5. The highest BCUT2D eigenvalue weighted by molar-refractivity contribution is 6.30. The number of rotatable bonds is 8.